The van der Waals surface area contributed by atoms with Gasteiger partial charge in [0.2, 0.25) is 11.3 Å². The number of aryl methyl sites for hydroxylation is 1. The first-order chi connectivity index (χ1) is 11.7. The molecule has 0 spiro atoms. The fourth-order valence-corrected chi connectivity index (χ4v) is 2.40. The molecule has 2 aromatic carbocycles. The molecule has 0 saturated heterocycles. The minimum absolute atomic E-state index is 0.138. The van der Waals surface area contributed by atoms with Gasteiger partial charge in [-0.25, -0.2) is 4.63 Å². The van der Waals surface area contributed by atoms with Gasteiger partial charge in [0.25, 0.3) is 5.56 Å². The second-order valence-corrected chi connectivity index (χ2v) is 5.42. The lowest BCUT2D eigenvalue weighted by Crippen LogP contribution is -2.13. The summed E-state index contributed by atoms with van der Waals surface area (Å²) in [6.45, 7) is 2.05. The molecule has 24 heavy (non-hydrogen) atoms. The molecular formula is C17H13N5O2. The van der Waals surface area contributed by atoms with Crippen LogP contribution in [0.2, 0.25) is 0 Å². The van der Waals surface area contributed by atoms with Crippen LogP contribution in [0.3, 0.4) is 0 Å². The van der Waals surface area contributed by atoms with Crippen LogP contribution in [0.15, 0.2) is 58.0 Å². The first-order valence-electron chi connectivity index (χ1n) is 7.36. The molecule has 0 saturated carbocycles. The van der Waals surface area contributed by atoms with Crippen LogP contribution in [0.4, 0.5) is 11.5 Å². The van der Waals surface area contributed by atoms with Gasteiger partial charge in [-0.1, -0.05) is 42.0 Å². The maximum atomic E-state index is 12.0. The second kappa shape index (κ2) is 5.62. The minimum Gasteiger partial charge on any atom is -0.336 e. The molecule has 2 heterocycles. The largest absolute Gasteiger partial charge is 0.336 e. The van der Waals surface area contributed by atoms with Gasteiger partial charge in [0, 0.05) is 5.69 Å². The fourth-order valence-electron chi connectivity index (χ4n) is 2.40. The number of hydrogen-bond acceptors (Lipinski definition) is 6. The van der Waals surface area contributed by atoms with Crippen LogP contribution >= 0.6 is 0 Å². The van der Waals surface area contributed by atoms with E-state index in [1.54, 1.807) is 0 Å². The van der Waals surface area contributed by atoms with Crippen molar-refractivity contribution in [1.29, 1.82) is 0 Å². The van der Waals surface area contributed by atoms with E-state index in [2.05, 4.69) is 61.4 Å². The van der Waals surface area contributed by atoms with Crippen LogP contribution < -0.4 is 10.9 Å². The van der Waals surface area contributed by atoms with E-state index in [0.717, 1.165) is 16.8 Å². The molecule has 0 aliphatic carbocycles. The normalized spacial score (nSPS) is 10.9. The average Bonchev–Trinajstić information content (AvgIpc) is 3.03. The third-order valence-electron chi connectivity index (χ3n) is 3.65. The lowest BCUT2D eigenvalue weighted by molar-refractivity contribution is 0.314. The maximum Gasteiger partial charge on any atom is 0.292 e. The highest BCUT2D eigenvalue weighted by molar-refractivity contribution is 5.71. The summed E-state index contributed by atoms with van der Waals surface area (Å²) in [6, 6.07) is 16.0. The minimum atomic E-state index is -0.390. The highest BCUT2D eigenvalue weighted by Gasteiger charge is 2.09. The maximum absolute atomic E-state index is 12.0. The fraction of sp³-hybridized carbons (Fsp3) is 0.0588. The van der Waals surface area contributed by atoms with Crippen molar-refractivity contribution < 1.29 is 4.63 Å². The summed E-state index contributed by atoms with van der Waals surface area (Å²) < 4.78 is 4.55. The summed E-state index contributed by atoms with van der Waals surface area (Å²) >= 11 is 0. The molecule has 0 unspecified atom stereocenters. The molecule has 2 N–H and O–H groups in total. The van der Waals surface area contributed by atoms with Crippen molar-refractivity contribution in [2.45, 2.75) is 6.92 Å². The van der Waals surface area contributed by atoms with Gasteiger partial charge in [-0.15, -0.1) is 0 Å². The van der Waals surface area contributed by atoms with Crippen LogP contribution in [0, 0.1) is 6.92 Å². The van der Waals surface area contributed by atoms with E-state index in [-0.39, 0.29) is 22.7 Å². The van der Waals surface area contributed by atoms with E-state index in [1.807, 2.05) is 24.3 Å². The Bertz CT molecular complexity index is 1070. The van der Waals surface area contributed by atoms with Crippen LogP contribution in [-0.4, -0.2) is 20.3 Å². The smallest absolute Gasteiger partial charge is 0.292 e. The quantitative estimate of drug-likeness (QED) is 0.602. The van der Waals surface area contributed by atoms with E-state index in [9.17, 15) is 4.79 Å². The topological polar surface area (TPSA) is 96.7 Å². The summed E-state index contributed by atoms with van der Waals surface area (Å²) in [5, 5.41) is 10.2. The Morgan fingerprint density at radius 2 is 1.88 bits per heavy atom. The Morgan fingerprint density at radius 3 is 2.71 bits per heavy atom. The first-order valence-corrected chi connectivity index (χ1v) is 7.36. The number of H-pyrrole nitrogens is 1. The Kier molecular flexibility index (Phi) is 3.31. The zero-order valence-electron chi connectivity index (χ0n) is 12.8. The van der Waals surface area contributed by atoms with E-state index >= 15 is 0 Å². The van der Waals surface area contributed by atoms with E-state index in [4.69, 9.17) is 0 Å². The van der Waals surface area contributed by atoms with Gasteiger partial charge in [-0.3, -0.25) is 9.78 Å². The van der Waals surface area contributed by atoms with Gasteiger partial charge in [0.15, 0.2) is 5.82 Å². The van der Waals surface area contributed by atoms with Gasteiger partial charge < -0.3 is 5.32 Å². The molecule has 0 fully saturated rings. The van der Waals surface area contributed by atoms with Gasteiger partial charge in [0.1, 0.15) is 0 Å². The Hall–Kier alpha value is -3.48. The van der Waals surface area contributed by atoms with Crippen molar-refractivity contribution >= 4 is 22.8 Å². The van der Waals surface area contributed by atoms with Gasteiger partial charge in [-0.05, 0) is 40.5 Å². The molecule has 7 nitrogen and oxygen atoms in total. The summed E-state index contributed by atoms with van der Waals surface area (Å²) in [6.07, 6.45) is 0. The van der Waals surface area contributed by atoms with E-state index in [1.165, 1.54) is 5.56 Å². The number of rotatable bonds is 3. The molecule has 0 amide bonds. The second-order valence-electron chi connectivity index (χ2n) is 5.42. The molecule has 0 bridgehead atoms. The number of hydrogen-bond donors (Lipinski definition) is 2. The predicted molar refractivity (Wildman–Crippen MR) is 90.1 cm³/mol. The molecule has 0 aliphatic rings. The lowest BCUT2D eigenvalue weighted by atomic mass is 10.0. The molecule has 0 radical (unpaired) electrons. The highest BCUT2D eigenvalue weighted by atomic mass is 16.6. The number of fused-ring (bicyclic) bond motifs is 1. The van der Waals surface area contributed by atoms with Crippen molar-refractivity contribution in [2.24, 2.45) is 0 Å². The molecule has 0 atom stereocenters. The molecule has 4 aromatic rings. The lowest BCUT2D eigenvalue weighted by Gasteiger charge is -2.07. The number of aromatic amines is 1. The summed E-state index contributed by atoms with van der Waals surface area (Å²) in [5.74, 6) is 0.138. The third-order valence-corrected chi connectivity index (χ3v) is 3.65. The SMILES string of the molecule is Cc1ccc(-c2cccc(Nc3nc4nonc4[nH]c3=O)c2)cc1. The standard InChI is InChI=1S/C17H13N5O2/c1-10-5-7-11(8-6-10)12-3-2-4-13(9-12)18-16-17(23)20-15-14(19-16)21-24-22-15/h2-9H,1H3,(H,18,19,21)(H,20,22,23). The van der Waals surface area contributed by atoms with Crippen molar-refractivity contribution in [3.63, 3.8) is 0 Å². The van der Waals surface area contributed by atoms with Crippen molar-refractivity contribution in [3.8, 4) is 11.1 Å². The van der Waals surface area contributed by atoms with Gasteiger partial charge in [-0.2, -0.15) is 4.98 Å². The zero-order valence-corrected chi connectivity index (χ0v) is 12.8. The number of nitrogens with zero attached hydrogens (tertiary/aromatic N) is 3. The molecule has 118 valence electrons. The first kappa shape index (κ1) is 14.1. The summed E-state index contributed by atoms with van der Waals surface area (Å²) in [7, 11) is 0. The van der Waals surface area contributed by atoms with Crippen LogP contribution in [0.1, 0.15) is 5.56 Å². The zero-order chi connectivity index (χ0) is 16.5. The Morgan fingerprint density at radius 1 is 1.04 bits per heavy atom. The number of anilines is 2. The number of aromatic nitrogens is 4. The highest BCUT2D eigenvalue weighted by Crippen LogP contribution is 2.24. The summed E-state index contributed by atoms with van der Waals surface area (Å²) in [5.41, 5.74) is 4.17. The summed E-state index contributed by atoms with van der Waals surface area (Å²) in [4.78, 5) is 18.7. The third kappa shape index (κ3) is 2.63. The molecule has 7 heteroatoms. The average molecular weight is 319 g/mol. The van der Waals surface area contributed by atoms with Crippen molar-refractivity contribution in [1.82, 2.24) is 20.3 Å². The van der Waals surface area contributed by atoms with E-state index < -0.39 is 0 Å². The van der Waals surface area contributed by atoms with Gasteiger partial charge >= 0.3 is 0 Å². The predicted octanol–water partition coefficient (Wildman–Crippen LogP) is 3.03. The Balaban J connectivity index is 1.69. The van der Waals surface area contributed by atoms with Crippen molar-refractivity contribution in [2.75, 3.05) is 5.32 Å². The molecular weight excluding hydrogens is 306 g/mol. The molecule has 0 aliphatic heterocycles. The van der Waals surface area contributed by atoms with E-state index in [0.29, 0.717) is 0 Å². The van der Waals surface area contributed by atoms with Crippen LogP contribution in [0.25, 0.3) is 22.4 Å². The van der Waals surface area contributed by atoms with Crippen LogP contribution in [0.5, 0.6) is 0 Å². The molecule has 4 rings (SSSR count). The Labute approximate surface area is 136 Å². The number of nitrogens with one attached hydrogen (secondary N) is 2. The van der Waals surface area contributed by atoms with Gasteiger partial charge in [0.05, 0.1) is 0 Å². The van der Waals surface area contributed by atoms with Crippen molar-refractivity contribution in [3.05, 3.63) is 64.4 Å². The molecule has 2 aromatic heterocycles. The number of benzene rings is 2. The van der Waals surface area contributed by atoms with Crippen LogP contribution in [-0.2, 0) is 0 Å². The monoisotopic (exact) mass is 319 g/mol.